The first kappa shape index (κ1) is 15.9. The molecule has 0 radical (unpaired) electrons. The molecule has 0 aliphatic rings. The quantitative estimate of drug-likeness (QED) is 0.468. The van der Waals surface area contributed by atoms with Crippen molar-refractivity contribution in [2.24, 2.45) is 0 Å². The fourth-order valence-corrected chi connectivity index (χ4v) is 3.25. The second-order valence-corrected chi connectivity index (χ2v) is 6.67. The fourth-order valence-electron chi connectivity index (χ4n) is 3.11. The Bertz CT molecular complexity index is 1060. The van der Waals surface area contributed by atoms with Crippen LogP contribution in [0.3, 0.4) is 0 Å². The molecule has 25 heavy (non-hydrogen) atoms. The van der Waals surface area contributed by atoms with Gasteiger partial charge in [-0.1, -0.05) is 59.6 Å². The number of halogens is 1. The van der Waals surface area contributed by atoms with Gasteiger partial charge in [-0.15, -0.1) is 0 Å². The third-order valence-corrected chi connectivity index (χ3v) is 5.04. The fraction of sp³-hybridized carbons (Fsp3) is 0.143. The molecule has 0 bridgehead atoms. The highest BCUT2D eigenvalue weighted by Crippen LogP contribution is 2.35. The predicted octanol–water partition coefficient (Wildman–Crippen LogP) is 5.67. The molecule has 0 unspecified atom stereocenters. The van der Waals surface area contributed by atoms with Crippen LogP contribution in [0.15, 0.2) is 54.6 Å². The summed E-state index contributed by atoms with van der Waals surface area (Å²) in [4.78, 5) is 4.75. The molecule has 0 aliphatic carbocycles. The van der Waals surface area contributed by atoms with Crippen LogP contribution in [0.5, 0.6) is 0 Å². The highest BCUT2D eigenvalue weighted by molar-refractivity contribution is 6.33. The first-order valence-electron chi connectivity index (χ1n) is 8.24. The van der Waals surface area contributed by atoms with Crippen LogP contribution in [0.4, 0.5) is 0 Å². The van der Waals surface area contributed by atoms with Crippen molar-refractivity contribution in [2.75, 3.05) is 0 Å². The number of fused-ring (bicyclic) bond motifs is 1. The number of benzene rings is 2. The third kappa shape index (κ3) is 2.61. The van der Waals surface area contributed by atoms with E-state index in [1.165, 1.54) is 5.56 Å². The number of nitrogens with zero attached hydrogens (tertiary/aromatic N) is 3. The Hall–Kier alpha value is -2.65. The van der Waals surface area contributed by atoms with Crippen molar-refractivity contribution >= 4 is 22.6 Å². The summed E-state index contributed by atoms with van der Waals surface area (Å²) in [5.74, 6) is 0. The molecule has 0 saturated carbocycles. The van der Waals surface area contributed by atoms with E-state index in [4.69, 9.17) is 21.7 Å². The predicted molar refractivity (Wildman–Crippen MR) is 104 cm³/mol. The average molecular weight is 348 g/mol. The molecule has 4 rings (SSSR count). The number of aryl methyl sites for hydroxylation is 3. The molecule has 2 aromatic carbocycles. The maximum atomic E-state index is 6.49. The summed E-state index contributed by atoms with van der Waals surface area (Å²) in [5.41, 5.74) is 6.84. The van der Waals surface area contributed by atoms with Gasteiger partial charge in [0.05, 0.1) is 21.8 Å². The molecule has 0 fully saturated rings. The lowest BCUT2D eigenvalue weighted by Crippen LogP contribution is -1.99. The van der Waals surface area contributed by atoms with Crippen LogP contribution >= 0.6 is 11.6 Å². The van der Waals surface area contributed by atoms with Crippen LogP contribution in [-0.2, 0) is 0 Å². The smallest absolute Gasteiger partial charge is 0.164 e. The first-order valence-corrected chi connectivity index (χ1v) is 8.62. The Morgan fingerprint density at radius 2 is 1.56 bits per heavy atom. The van der Waals surface area contributed by atoms with Crippen molar-refractivity contribution in [3.63, 3.8) is 0 Å². The van der Waals surface area contributed by atoms with E-state index in [-0.39, 0.29) is 0 Å². The van der Waals surface area contributed by atoms with Gasteiger partial charge in [0, 0.05) is 5.56 Å². The van der Waals surface area contributed by atoms with E-state index in [0.717, 1.165) is 39.2 Å². The number of hydrogen-bond acceptors (Lipinski definition) is 2. The number of hydrogen-bond donors (Lipinski definition) is 0. The SMILES string of the molecule is Cc1ccc(-n2nc(-c3ccccc3)c3c(C)c(Cl)c(C)nc32)cc1. The Morgan fingerprint density at radius 1 is 0.880 bits per heavy atom. The summed E-state index contributed by atoms with van der Waals surface area (Å²) in [6.07, 6.45) is 0. The highest BCUT2D eigenvalue weighted by Gasteiger charge is 2.19. The van der Waals surface area contributed by atoms with E-state index in [0.29, 0.717) is 5.02 Å². The molecular formula is C21H18ClN3. The summed E-state index contributed by atoms with van der Waals surface area (Å²) in [5, 5.41) is 6.60. The number of rotatable bonds is 2. The van der Waals surface area contributed by atoms with Crippen LogP contribution in [0.1, 0.15) is 16.8 Å². The Balaban J connectivity index is 2.09. The molecule has 3 nitrogen and oxygen atoms in total. The minimum atomic E-state index is 0.702. The van der Waals surface area contributed by atoms with E-state index in [2.05, 4.69) is 43.3 Å². The van der Waals surface area contributed by atoms with Crippen LogP contribution in [0.25, 0.3) is 28.0 Å². The lowest BCUT2D eigenvalue weighted by atomic mass is 10.1. The van der Waals surface area contributed by atoms with Gasteiger partial charge >= 0.3 is 0 Å². The van der Waals surface area contributed by atoms with Crippen LogP contribution in [-0.4, -0.2) is 14.8 Å². The molecule has 0 spiro atoms. The Kier molecular flexibility index (Phi) is 3.81. The van der Waals surface area contributed by atoms with Crippen LogP contribution in [0, 0.1) is 20.8 Å². The first-order chi connectivity index (χ1) is 12.1. The molecule has 0 N–H and O–H groups in total. The normalized spacial score (nSPS) is 11.2. The van der Waals surface area contributed by atoms with Gasteiger partial charge in [-0.05, 0) is 38.5 Å². The molecule has 0 amide bonds. The maximum Gasteiger partial charge on any atom is 0.164 e. The molecule has 0 atom stereocenters. The minimum absolute atomic E-state index is 0.702. The molecule has 2 aromatic heterocycles. The zero-order valence-corrected chi connectivity index (χ0v) is 15.2. The van der Waals surface area contributed by atoms with Crippen molar-refractivity contribution in [1.29, 1.82) is 0 Å². The zero-order chi connectivity index (χ0) is 17.6. The number of pyridine rings is 1. The van der Waals surface area contributed by atoms with E-state index in [1.54, 1.807) is 0 Å². The second-order valence-electron chi connectivity index (χ2n) is 6.30. The van der Waals surface area contributed by atoms with Crippen LogP contribution < -0.4 is 0 Å². The van der Waals surface area contributed by atoms with E-state index in [9.17, 15) is 0 Å². The van der Waals surface area contributed by atoms with Gasteiger partial charge in [-0.25, -0.2) is 9.67 Å². The molecule has 2 heterocycles. The van der Waals surface area contributed by atoms with Crippen LogP contribution in [0.2, 0.25) is 5.02 Å². The molecule has 4 aromatic rings. The van der Waals surface area contributed by atoms with Gasteiger partial charge in [0.2, 0.25) is 0 Å². The summed E-state index contributed by atoms with van der Waals surface area (Å²) < 4.78 is 1.91. The van der Waals surface area contributed by atoms with Gasteiger partial charge in [0.1, 0.15) is 5.69 Å². The zero-order valence-electron chi connectivity index (χ0n) is 14.4. The lowest BCUT2D eigenvalue weighted by Gasteiger charge is -2.07. The summed E-state index contributed by atoms with van der Waals surface area (Å²) >= 11 is 6.49. The van der Waals surface area contributed by atoms with Gasteiger partial charge in [0.25, 0.3) is 0 Å². The van der Waals surface area contributed by atoms with E-state index < -0.39 is 0 Å². The molecule has 124 valence electrons. The van der Waals surface area contributed by atoms with Crippen molar-refractivity contribution in [3.8, 4) is 16.9 Å². The minimum Gasteiger partial charge on any atom is -0.232 e. The number of aromatic nitrogens is 3. The highest BCUT2D eigenvalue weighted by atomic mass is 35.5. The monoisotopic (exact) mass is 347 g/mol. The summed E-state index contributed by atoms with van der Waals surface area (Å²) in [6.45, 7) is 6.04. The Morgan fingerprint density at radius 3 is 2.24 bits per heavy atom. The van der Waals surface area contributed by atoms with Gasteiger partial charge in [-0.2, -0.15) is 5.10 Å². The van der Waals surface area contributed by atoms with Crippen molar-refractivity contribution in [3.05, 3.63) is 76.4 Å². The molecule has 0 saturated heterocycles. The standard InChI is InChI=1S/C21H18ClN3/c1-13-9-11-17(12-10-13)25-21-18(14(2)19(22)15(3)23-21)20(24-25)16-7-5-4-6-8-16/h4-12H,1-3H3. The van der Waals surface area contributed by atoms with Crippen molar-refractivity contribution in [1.82, 2.24) is 14.8 Å². The van der Waals surface area contributed by atoms with Crippen molar-refractivity contribution in [2.45, 2.75) is 20.8 Å². The summed E-state index contributed by atoms with van der Waals surface area (Å²) in [6, 6.07) is 18.5. The van der Waals surface area contributed by atoms with Crippen molar-refractivity contribution < 1.29 is 0 Å². The molecule has 4 heteroatoms. The summed E-state index contributed by atoms with van der Waals surface area (Å²) in [7, 11) is 0. The maximum absolute atomic E-state index is 6.49. The molecular weight excluding hydrogens is 330 g/mol. The second kappa shape index (κ2) is 6.01. The largest absolute Gasteiger partial charge is 0.232 e. The lowest BCUT2D eigenvalue weighted by molar-refractivity contribution is 0.897. The van der Waals surface area contributed by atoms with E-state index in [1.807, 2.05) is 36.7 Å². The Labute approximate surface area is 151 Å². The van der Waals surface area contributed by atoms with Gasteiger partial charge in [0.15, 0.2) is 5.65 Å². The van der Waals surface area contributed by atoms with Gasteiger partial charge in [-0.3, -0.25) is 0 Å². The molecule has 0 aliphatic heterocycles. The van der Waals surface area contributed by atoms with Gasteiger partial charge < -0.3 is 0 Å². The average Bonchev–Trinajstić information content (AvgIpc) is 3.00. The third-order valence-electron chi connectivity index (χ3n) is 4.48. The topological polar surface area (TPSA) is 30.7 Å². The van der Waals surface area contributed by atoms with E-state index >= 15 is 0 Å².